The Bertz CT molecular complexity index is 721. The molecule has 2 atom stereocenters. The van der Waals surface area contributed by atoms with Crippen LogP contribution in [-0.4, -0.2) is 60.9 Å². The van der Waals surface area contributed by atoms with Gasteiger partial charge in [0.1, 0.15) is 11.8 Å². The van der Waals surface area contributed by atoms with E-state index in [0.717, 1.165) is 17.7 Å². The minimum atomic E-state index is -0.638. The maximum atomic E-state index is 12.7. The summed E-state index contributed by atoms with van der Waals surface area (Å²) in [7, 11) is 1.46. The minimum absolute atomic E-state index is 0.120. The van der Waals surface area contributed by atoms with Gasteiger partial charge in [-0.15, -0.1) is 0 Å². The summed E-state index contributed by atoms with van der Waals surface area (Å²) in [5, 5.41) is 2.83. The van der Waals surface area contributed by atoms with Crippen molar-refractivity contribution in [3.05, 3.63) is 29.3 Å². The maximum absolute atomic E-state index is 12.7. The summed E-state index contributed by atoms with van der Waals surface area (Å²) in [6.45, 7) is 2.15. The molecule has 0 aromatic heterocycles. The maximum Gasteiger partial charge on any atom is 0.338 e. The van der Waals surface area contributed by atoms with Crippen LogP contribution in [0.2, 0.25) is 0 Å². The van der Waals surface area contributed by atoms with Gasteiger partial charge in [0.05, 0.1) is 31.2 Å². The van der Waals surface area contributed by atoms with Crippen LogP contribution in [0.15, 0.2) is 18.2 Å². The lowest BCUT2D eigenvalue weighted by atomic mass is 10.1. The Labute approximate surface area is 163 Å². The standard InChI is InChI=1S/C19H27N3O4S/c1-12(20)18(24)22-9-5-6-16(22)17(23)21-14-8-7-13(11-27(3)4)15(10-14)19(25)26-2/h7-8,10,12,16H,5-6,9,11,20H2,1-4H3/p+1/t12-,16-/m0/s1. The summed E-state index contributed by atoms with van der Waals surface area (Å²) in [5.41, 5.74) is 7.53. The van der Waals surface area contributed by atoms with Gasteiger partial charge in [0.25, 0.3) is 0 Å². The lowest BCUT2D eigenvalue weighted by Gasteiger charge is -2.25. The van der Waals surface area contributed by atoms with Crippen molar-refractivity contribution in [1.29, 1.82) is 0 Å². The Balaban J connectivity index is 2.20. The predicted octanol–water partition coefficient (Wildman–Crippen LogP) is 1.13. The smallest absolute Gasteiger partial charge is 0.338 e. The van der Waals surface area contributed by atoms with Crippen LogP contribution >= 0.6 is 0 Å². The molecular weight excluding hydrogens is 366 g/mol. The summed E-state index contributed by atoms with van der Waals surface area (Å²) >= 11 is 0. The van der Waals surface area contributed by atoms with Gasteiger partial charge in [-0.3, -0.25) is 9.59 Å². The summed E-state index contributed by atoms with van der Waals surface area (Å²) in [6, 6.07) is 4.08. The molecule has 0 spiro atoms. The zero-order valence-electron chi connectivity index (χ0n) is 16.3. The van der Waals surface area contributed by atoms with Crippen LogP contribution in [0.3, 0.4) is 0 Å². The number of nitrogens with one attached hydrogen (secondary N) is 1. The molecule has 0 aliphatic carbocycles. The molecule has 2 rings (SSSR count). The van der Waals surface area contributed by atoms with E-state index >= 15 is 0 Å². The van der Waals surface area contributed by atoms with Gasteiger partial charge in [0, 0.05) is 17.8 Å². The average Bonchev–Trinajstić information content (AvgIpc) is 3.10. The summed E-state index contributed by atoms with van der Waals surface area (Å²) in [4.78, 5) is 38.6. The van der Waals surface area contributed by atoms with Crippen LogP contribution in [0.5, 0.6) is 0 Å². The van der Waals surface area contributed by atoms with Crippen LogP contribution in [0.4, 0.5) is 5.69 Å². The number of rotatable bonds is 6. The van der Waals surface area contributed by atoms with Crippen molar-refractivity contribution >= 4 is 34.4 Å². The Morgan fingerprint density at radius 3 is 2.67 bits per heavy atom. The summed E-state index contributed by atoms with van der Waals surface area (Å²) < 4.78 is 4.88. The van der Waals surface area contributed by atoms with Crippen LogP contribution in [0.25, 0.3) is 0 Å². The molecule has 1 fully saturated rings. The molecule has 27 heavy (non-hydrogen) atoms. The molecule has 7 nitrogen and oxygen atoms in total. The lowest BCUT2D eigenvalue weighted by Crippen LogP contribution is -2.48. The van der Waals surface area contributed by atoms with Crippen molar-refractivity contribution in [1.82, 2.24) is 4.90 Å². The Kier molecular flexibility index (Phi) is 7.26. The van der Waals surface area contributed by atoms with Crippen LogP contribution in [0.1, 0.15) is 35.7 Å². The molecule has 1 aromatic carbocycles. The molecule has 3 N–H and O–H groups in total. The number of benzene rings is 1. The first kappa shape index (κ1) is 21.2. The largest absolute Gasteiger partial charge is 0.465 e. The van der Waals surface area contributed by atoms with Crippen molar-refractivity contribution < 1.29 is 19.1 Å². The second kappa shape index (κ2) is 9.23. The molecule has 0 radical (unpaired) electrons. The molecule has 2 amide bonds. The molecular formula is C19H28N3O4S+. The number of esters is 1. The van der Waals surface area contributed by atoms with Gasteiger partial charge in [0.2, 0.25) is 11.8 Å². The van der Waals surface area contributed by atoms with Crippen molar-refractivity contribution in [3.63, 3.8) is 0 Å². The van der Waals surface area contributed by atoms with E-state index in [1.165, 1.54) is 12.0 Å². The van der Waals surface area contributed by atoms with E-state index in [9.17, 15) is 14.4 Å². The van der Waals surface area contributed by atoms with Gasteiger partial charge in [-0.05, 0) is 42.8 Å². The number of ether oxygens (including phenoxy) is 1. The quantitative estimate of drug-likeness (QED) is 0.556. The third-order valence-electron chi connectivity index (χ3n) is 4.45. The topological polar surface area (TPSA) is 102 Å². The molecule has 1 saturated heterocycles. The Hall–Kier alpha value is -2.06. The molecule has 1 aliphatic rings. The molecule has 0 saturated carbocycles. The van der Waals surface area contributed by atoms with Gasteiger partial charge in [0.15, 0.2) is 0 Å². The van der Waals surface area contributed by atoms with Gasteiger partial charge in [-0.25, -0.2) is 4.79 Å². The highest BCUT2D eigenvalue weighted by molar-refractivity contribution is 7.94. The van der Waals surface area contributed by atoms with Crippen molar-refractivity contribution in [2.75, 3.05) is 31.5 Å². The second-order valence-electron chi connectivity index (χ2n) is 6.96. The van der Waals surface area contributed by atoms with Crippen molar-refractivity contribution in [2.45, 2.75) is 37.6 Å². The van der Waals surface area contributed by atoms with E-state index < -0.39 is 18.1 Å². The fourth-order valence-electron chi connectivity index (χ4n) is 3.18. The zero-order chi connectivity index (χ0) is 20.1. The fraction of sp³-hybridized carbons (Fsp3) is 0.526. The fourth-order valence-corrected chi connectivity index (χ4v) is 4.05. The normalized spacial score (nSPS) is 17.7. The third kappa shape index (κ3) is 5.23. The van der Waals surface area contributed by atoms with E-state index in [4.69, 9.17) is 10.5 Å². The SMILES string of the molecule is COC(=O)c1cc(NC(=O)[C@@H]2CCCN2C(=O)[C@H](C)N)ccc1C[S+](C)C. The highest BCUT2D eigenvalue weighted by atomic mass is 32.2. The molecule has 148 valence electrons. The van der Waals surface area contributed by atoms with E-state index in [2.05, 4.69) is 17.8 Å². The molecule has 0 bridgehead atoms. The molecule has 8 heteroatoms. The lowest BCUT2D eigenvalue weighted by molar-refractivity contribution is -0.137. The second-order valence-corrected chi connectivity index (χ2v) is 9.22. The van der Waals surface area contributed by atoms with Crippen molar-refractivity contribution in [2.24, 2.45) is 5.73 Å². The number of nitrogens with zero attached hydrogens (tertiary/aromatic N) is 1. The van der Waals surface area contributed by atoms with Gasteiger partial charge < -0.3 is 20.7 Å². The average molecular weight is 395 g/mol. The number of carbonyl (C=O) groups is 3. The number of amides is 2. The first-order valence-electron chi connectivity index (χ1n) is 8.87. The third-order valence-corrected chi connectivity index (χ3v) is 5.34. The number of nitrogens with two attached hydrogens (primary N) is 1. The van der Waals surface area contributed by atoms with Crippen LogP contribution in [0, 0.1) is 0 Å². The predicted molar refractivity (Wildman–Crippen MR) is 108 cm³/mol. The molecule has 0 unspecified atom stereocenters. The minimum Gasteiger partial charge on any atom is -0.465 e. The van der Waals surface area contributed by atoms with Gasteiger partial charge in [-0.1, -0.05) is 6.07 Å². The first-order valence-corrected chi connectivity index (χ1v) is 11.1. The number of hydrogen-bond acceptors (Lipinski definition) is 5. The number of carbonyl (C=O) groups excluding carboxylic acids is 3. The van der Waals surface area contributed by atoms with Crippen LogP contribution < -0.4 is 11.1 Å². The van der Waals surface area contributed by atoms with E-state index in [0.29, 0.717) is 24.2 Å². The van der Waals surface area contributed by atoms with Gasteiger partial charge in [-0.2, -0.15) is 0 Å². The highest BCUT2D eigenvalue weighted by Crippen LogP contribution is 2.23. The summed E-state index contributed by atoms with van der Waals surface area (Å²) in [5.74, 6) is -0.161. The van der Waals surface area contributed by atoms with E-state index in [1.54, 1.807) is 19.1 Å². The van der Waals surface area contributed by atoms with E-state index in [-0.39, 0.29) is 22.7 Å². The Morgan fingerprint density at radius 2 is 2.07 bits per heavy atom. The molecule has 1 heterocycles. The molecule has 1 aliphatic heterocycles. The van der Waals surface area contributed by atoms with Crippen LogP contribution in [-0.2, 0) is 31.0 Å². The zero-order valence-corrected chi connectivity index (χ0v) is 17.1. The molecule has 1 aromatic rings. The number of likely N-dealkylation sites (tertiary alicyclic amines) is 1. The Morgan fingerprint density at radius 1 is 1.37 bits per heavy atom. The highest BCUT2D eigenvalue weighted by Gasteiger charge is 2.35. The number of hydrogen-bond donors (Lipinski definition) is 2. The summed E-state index contributed by atoms with van der Waals surface area (Å²) in [6.07, 6.45) is 5.56. The van der Waals surface area contributed by atoms with Crippen molar-refractivity contribution in [3.8, 4) is 0 Å². The first-order chi connectivity index (χ1) is 12.7. The number of methoxy groups -OCH3 is 1. The number of anilines is 1. The monoisotopic (exact) mass is 394 g/mol. The van der Waals surface area contributed by atoms with E-state index in [1.807, 2.05) is 6.07 Å². The van der Waals surface area contributed by atoms with Gasteiger partial charge >= 0.3 is 5.97 Å².